The molecule has 34 heavy (non-hydrogen) atoms. The smallest absolute Gasteiger partial charge is 0.261 e. The van der Waals surface area contributed by atoms with E-state index in [0.29, 0.717) is 28.5 Å². The summed E-state index contributed by atoms with van der Waals surface area (Å²) in [7, 11) is 1.55. The van der Waals surface area contributed by atoms with Crippen molar-refractivity contribution in [2.24, 2.45) is 32.6 Å². The lowest BCUT2D eigenvalue weighted by atomic mass is 9.60. The summed E-state index contributed by atoms with van der Waals surface area (Å²) < 4.78 is 0. The Morgan fingerprint density at radius 3 is 1.71 bits per heavy atom. The maximum Gasteiger partial charge on any atom is 0.261 e. The number of hydrazone groups is 3. The van der Waals surface area contributed by atoms with Crippen LogP contribution >= 0.6 is 0 Å². The van der Waals surface area contributed by atoms with Crippen LogP contribution in [0.4, 0.5) is 11.4 Å². The molecule has 5 rings (SSSR count). The zero-order valence-corrected chi connectivity index (χ0v) is 19.3. The highest BCUT2D eigenvalue weighted by molar-refractivity contribution is 6.32. The molecule has 0 N–H and O–H groups in total. The van der Waals surface area contributed by atoms with Crippen molar-refractivity contribution in [2.75, 3.05) is 17.1 Å². The molecule has 0 spiro atoms. The van der Waals surface area contributed by atoms with Crippen LogP contribution in [0, 0.1) is 17.3 Å². The Morgan fingerprint density at radius 1 is 0.676 bits per heavy atom. The largest absolute Gasteiger partial charge is 0.272 e. The molecule has 0 saturated carbocycles. The van der Waals surface area contributed by atoms with Crippen LogP contribution < -0.4 is 10.0 Å². The van der Waals surface area contributed by atoms with Crippen LogP contribution in [-0.2, 0) is 14.4 Å². The van der Waals surface area contributed by atoms with Gasteiger partial charge in [0, 0.05) is 18.5 Å². The first-order valence-electron chi connectivity index (χ1n) is 11.0. The number of carbonyl (C=O) groups is 3. The van der Waals surface area contributed by atoms with Crippen LogP contribution in [-0.4, -0.2) is 46.9 Å². The Hall–Kier alpha value is -4.14. The van der Waals surface area contributed by atoms with E-state index in [0.717, 1.165) is 0 Å². The third-order valence-electron chi connectivity index (χ3n) is 6.73. The van der Waals surface area contributed by atoms with Crippen molar-refractivity contribution < 1.29 is 14.4 Å². The molecule has 3 heterocycles. The summed E-state index contributed by atoms with van der Waals surface area (Å²) in [6.45, 7) is 5.13. The van der Waals surface area contributed by atoms with Crippen molar-refractivity contribution >= 4 is 46.2 Å². The summed E-state index contributed by atoms with van der Waals surface area (Å²) in [6, 6.07) is 18.0. The van der Waals surface area contributed by atoms with Crippen molar-refractivity contribution in [1.82, 2.24) is 5.01 Å². The van der Waals surface area contributed by atoms with Gasteiger partial charge in [0.1, 0.15) is 17.3 Å². The number of anilines is 2. The lowest BCUT2D eigenvalue weighted by Crippen LogP contribution is -2.58. The monoisotopic (exact) mass is 456 g/mol. The third-order valence-corrected chi connectivity index (χ3v) is 6.73. The van der Waals surface area contributed by atoms with E-state index in [1.807, 2.05) is 24.3 Å². The Morgan fingerprint density at radius 2 is 1.18 bits per heavy atom. The SMILES string of the molecule is CC1=NN(C)C(=O)[C@@H]1[C@]1([C@H]2C(=O)N(c3ccccc3)N=C2C)C(=O)N(c2ccccc2)N=C1C. The molecule has 3 atom stereocenters. The highest BCUT2D eigenvalue weighted by Gasteiger charge is 2.68. The van der Waals surface area contributed by atoms with E-state index < -0.39 is 23.2 Å². The van der Waals surface area contributed by atoms with Crippen LogP contribution in [0.5, 0.6) is 0 Å². The normalized spacial score (nSPS) is 26.9. The van der Waals surface area contributed by atoms with Gasteiger partial charge in [0.25, 0.3) is 17.7 Å². The topological polar surface area (TPSA) is 98.0 Å². The van der Waals surface area contributed by atoms with Crippen molar-refractivity contribution in [1.29, 1.82) is 0 Å². The molecular weight excluding hydrogens is 432 g/mol. The molecule has 0 bridgehead atoms. The minimum absolute atomic E-state index is 0.353. The Kier molecular flexibility index (Phi) is 4.93. The molecule has 0 fully saturated rings. The second-order valence-electron chi connectivity index (χ2n) is 8.70. The molecule has 0 saturated heterocycles. The van der Waals surface area contributed by atoms with E-state index in [-0.39, 0.29) is 11.8 Å². The van der Waals surface area contributed by atoms with E-state index in [4.69, 9.17) is 0 Å². The summed E-state index contributed by atoms with van der Waals surface area (Å²) in [5.41, 5.74) is 0.851. The minimum Gasteiger partial charge on any atom is -0.272 e. The van der Waals surface area contributed by atoms with Crippen molar-refractivity contribution in [2.45, 2.75) is 20.8 Å². The van der Waals surface area contributed by atoms with Gasteiger partial charge in [-0.1, -0.05) is 36.4 Å². The first-order chi connectivity index (χ1) is 16.3. The molecule has 172 valence electrons. The molecular formula is C25H24N6O3. The van der Waals surface area contributed by atoms with Crippen LogP contribution in [0.15, 0.2) is 76.0 Å². The zero-order valence-electron chi connectivity index (χ0n) is 19.3. The van der Waals surface area contributed by atoms with Crippen molar-refractivity contribution in [3.8, 4) is 0 Å². The number of para-hydroxylation sites is 2. The van der Waals surface area contributed by atoms with Gasteiger partial charge in [0.15, 0.2) is 0 Å². The Balaban J connectivity index is 1.69. The Bertz CT molecular complexity index is 1290. The highest BCUT2D eigenvalue weighted by Crippen LogP contribution is 2.50. The van der Waals surface area contributed by atoms with Gasteiger partial charge in [-0.15, -0.1) is 0 Å². The van der Waals surface area contributed by atoms with Gasteiger partial charge >= 0.3 is 0 Å². The van der Waals surface area contributed by atoms with Gasteiger partial charge in [-0.3, -0.25) is 14.4 Å². The van der Waals surface area contributed by atoms with Crippen molar-refractivity contribution in [3.63, 3.8) is 0 Å². The Labute approximate surface area is 197 Å². The van der Waals surface area contributed by atoms with E-state index in [1.165, 1.54) is 15.0 Å². The van der Waals surface area contributed by atoms with Crippen LogP contribution in [0.1, 0.15) is 20.8 Å². The number of nitrogens with zero attached hydrogens (tertiary/aromatic N) is 6. The predicted octanol–water partition coefficient (Wildman–Crippen LogP) is 2.90. The first-order valence-corrected chi connectivity index (χ1v) is 11.0. The summed E-state index contributed by atoms with van der Waals surface area (Å²) in [5.74, 6) is -3.16. The van der Waals surface area contributed by atoms with Crippen LogP contribution in [0.25, 0.3) is 0 Å². The fourth-order valence-electron chi connectivity index (χ4n) is 5.26. The minimum atomic E-state index is -1.58. The van der Waals surface area contributed by atoms with Gasteiger partial charge in [-0.05, 0) is 45.0 Å². The average molecular weight is 457 g/mol. The zero-order chi connectivity index (χ0) is 24.2. The van der Waals surface area contributed by atoms with Gasteiger partial charge in [0.2, 0.25) is 0 Å². The van der Waals surface area contributed by atoms with E-state index in [1.54, 1.807) is 64.2 Å². The van der Waals surface area contributed by atoms with Gasteiger partial charge in [-0.25, -0.2) is 10.0 Å². The number of amides is 3. The van der Waals surface area contributed by atoms with Crippen LogP contribution in [0.3, 0.4) is 0 Å². The molecule has 0 unspecified atom stereocenters. The summed E-state index contributed by atoms with van der Waals surface area (Å²) in [4.78, 5) is 41.6. The summed E-state index contributed by atoms with van der Waals surface area (Å²) >= 11 is 0. The number of hydrogen-bond donors (Lipinski definition) is 0. The maximum atomic E-state index is 14.3. The molecule has 3 aliphatic heterocycles. The fraction of sp³-hybridized carbons (Fsp3) is 0.280. The van der Waals surface area contributed by atoms with Crippen molar-refractivity contribution in [3.05, 3.63) is 60.7 Å². The maximum absolute atomic E-state index is 14.3. The van der Waals surface area contributed by atoms with E-state index in [9.17, 15) is 14.4 Å². The molecule has 2 aromatic rings. The molecule has 3 amide bonds. The molecule has 0 aliphatic carbocycles. The predicted molar refractivity (Wildman–Crippen MR) is 129 cm³/mol. The molecule has 0 aromatic heterocycles. The lowest BCUT2D eigenvalue weighted by molar-refractivity contribution is -0.140. The quantitative estimate of drug-likeness (QED) is 0.707. The van der Waals surface area contributed by atoms with Gasteiger partial charge < -0.3 is 0 Å². The van der Waals surface area contributed by atoms with Gasteiger partial charge in [0.05, 0.1) is 17.1 Å². The molecule has 0 radical (unpaired) electrons. The fourth-order valence-corrected chi connectivity index (χ4v) is 5.26. The average Bonchev–Trinajstić information content (AvgIpc) is 3.38. The molecule has 9 heteroatoms. The van der Waals surface area contributed by atoms with E-state index in [2.05, 4.69) is 15.3 Å². The molecule has 3 aliphatic rings. The van der Waals surface area contributed by atoms with Gasteiger partial charge in [-0.2, -0.15) is 20.3 Å². The summed E-state index contributed by atoms with van der Waals surface area (Å²) in [6.07, 6.45) is 0. The molecule has 9 nitrogen and oxygen atoms in total. The number of benzene rings is 2. The molecule has 2 aromatic carbocycles. The lowest BCUT2D eigenvalue weighted by Gasteiger charge is -2.37. The standard InChI is InChI=1S/C25H24N6O3/c1-15-20(22(32)29(4)26-15)25(17(3)28-31(24(25)34)19-13-9-6-10-14-19)21-16(2)27-30(23(21)33)18-11-7-5-8-12-18/h5-14,20-21H,1-4H3/t20-,21-,25-/m1/s1. The van der Waals surface area contributed by atoms with Crippen LogP contribution in [0.2, 0.25) is 0 Å². The third kappa shape index (κ3) is 2.86. The number of hydrogen-bond acceptors (Lipinski definition) is 6. The second kappa shape index (κ2) is 7.72. The second-order valence-corrected chi connectivity index (χ2v) is 8.70. The first kappa shape index (κ1) is 21.7. The summed E-state index contributed by atoms with van der Waals surface area (Å²) in [5, 5.41) is 17.3. The number of carbonyl (C=O) groups excluding carboxylic acids is 3. The number of rotatable bonds is 4. The highest BCUT2D eigenvalue weighted by atomic mass is 16.2. The van der Waals surface area contributed by atoms with E-state index >= 15 is 0 Å².